The fourth-order valence-corrected chi connectivity index (χ4v) is 3.39. The monoisotopic (exact) mass is 378 g/mol. The van der Waals surface area contributed by atoms with Crippen molar-refractivity contribution in [3.05, 3.63) is 64.5 Å². The van der Waals surface area contributed by atoms with Crippen LogP contribution in [0.2, 0.25) is 0 Å². The van der Waals surface area contributed by atoms with Crippen molar-refractivity contribution in [1.82, 2.24) is 4.90 Å². The molecule has 1 atom stereocenters. The first-order chi connectivity index (χ1) is 12.5. The lowest BCUT2D eigenvalue weighted by Gasteiger charge is -2.33. The summed E-state index contributed by atoms with van der Waals surface area (Å²) in [6, 6.07) is 4.26. The van der Waals surface area contributed by atoms with Gasteiger partial charge in [-0.2, -0.15) is 13.2 Å². The van der Waals surface area contributed by atoms with Crippen LogP contribution in [0, 0.1) is 18.2 Å². The van der Waals surface area contributed by atoms with Crippen LogP contribution in [0.3, 0.4) is 0 Å². The normalized spacial score (nSPS) is 20.1. The number of aryl methyl sites for hydroxylation is 1. The Morgan fingerprint density at radius 1 is 1.15 bits per heavy atom. The summed E-state index contributed by atoms with van der Waals surface area (Å²) in [6.07, 6.45) is 2.63. The molecule has 0 amide bonds. The highest BCUT2D eigenvalue weighted by Gasteiger charge is 2.47. The van der Waals surface area contributed by atoms with E-state index in [1.54, 1.807) is 24.6 Å². The molecule has 0 saturated heterocycles. The summed E-state index contributed by atoms with van der Waals surface area (Å²) in [5.74, 6) is -0.304. The van der Waals surface area contributed by atoms with Crippen molar-refractivity contribution in [2.75, 3.05) is 7.05 Å². The van der Waals surface area contributed by atoms with Gasteiger partial charge in [0.15, 0.2) is 0 Å². The molecule has 27 heavy (non-hydrogen) atoms. The molecule has 2 nitrogen and oxygen atoms in total. The number of hydrogen-bond acceptors (Lipinski definition) is 2. The molecule has 1 aromatic carbocycles. The Kier molecular flexibility index (Phi) is 4.78. The van der Waals surface area contributed by atoms with Gasteiger partial charge in [-0.15, -0.1) is 0 Å². The van der Waals surface area contributed by atoms with Gasteiger partial charge in [-0.1, -0.05) is 32.1 Å². The maximum atomic E-state index is 13.5. The highest BCUT2D eigenvalue weighted by molar-refractivity contribution is 5.84. The predicted octanol–water partition coefficient (Wildman–Crippen LogP) is 5.66. The van der Waals surface area contributed by atoms with E-state index in [1.165, 1.54) is 26.0 Å². The summed E-state index contributed by atoms with van der Waals surface area (Å²) < 4.78 is 53.1. The lowest BCUT2D eigenvalue weighted by atomic mass is 9.81. The van der Waals surface area contributed by atoms with Crippen molar-refractivity contribution in [3.8, 4) is 0 Å². The van der Waals surface area contributed by atoms with Crippen LogP contribution in [-0.4, -0.2) is 30.5 Å². The molecule has 1 aliphatic carbocycles. The van der Waals surface area contributed by atoms with E-state index in [0.717, 1.165) is 22.4 Å². The molecule has 144 valence electrons. The second kappa shape index (κ2) is 6.66. The van der Waals surface area contributed by atoms with Gasteiger partial charge < -0.3 is 4.90 Å². The van der Waals surface area contributed by atoms with E-state index in [2.05, 4.69) is 4.99 Å². The predicted molar refractivity (Wildman–Crippen MR) is 99.8 cm³/mol. The molecule has 0 spiro atoms. The van der Waals surface area contributed by atoms with Crippen LogP contribution in [0.15, 0.2) is 52.6 Å². The van der Waals surface area contributed by atoms with Crippen LogP contribution < -0.4 is 0 Å². The number of alkyl halides is 3. The molecule has 1 unspecified atom stereocenters. The van der Waals surface area contributed by atoms with Crippen LogP contribution in [0.25, 0.3) is 5.70 Å². The third kappa shape index (κ3) is 3.70. The Labute approximate surface area is 156 Å². The maximum Gasteiger partial charge on any atom is 0.394 e. The molecular formula is C21H22F4N2. The SMILES string of the molecule is Cc1cc(F)ccc1C1=C2C=CC(CC(C)(C)C(F)(F)F)=CC2N=CN1C. The summed E-state index contributed by atoms with van der Waals surface area (Å²) in [6.45, 7) is 4.25. The largest absolute Gasteiger partial charge is 0.394 e. The van der Waals surface area contributed by atoms with Gasteiger partial charge in [-0.3, -0.25) is 4.99 Å². The zero-order valence-corrected chi connectivity index (χ0v) is 15.7. The van der Waals surface area contributed by atoms with Crippen molar-refractivity contribution in [1.29, 1.82) is 0 Å². The van der Waals surface area contributed by atoms with Crippen molar-refractivity contribution in [2.24, 2.45) is 10.4 Å². The fraction of sp³-hybridized carbons (Fsp3) is 0.381. The zero-order valence-electron chi connectivity index (χ0n) is 15.7. The highest BCUT2D eigenvalue weighted by atomic mass is 19.4. The van der Waals surface area contributed by atoms with Crippen molar-refractivity contribution >= 4 is 12.0 Å². The molecule has 2 aliphatic rings. The van der Waals surface area contributed by atoms with E-state index in [-0.39, 0.29) is 18.3 Å². The topological polar surface area (TPSA) is 15.6 Å². The standard InChI is InChI=1S/C21H22F4N2/c1-13-9-15(22)6-8-16(13)19-17-7-5-14(10-18(17)26-12-27(19)4)11-20(2,3)21(23,24)25/h5-10,12,18H,11H2,1-4H3. The fourth-order valence-electron chi connectivity index (χ4n) is 3.39. The van der Waals surface area contributed by atoms with Crippen molar-refractivity contribution < 1.29 is 17.6 Å². The minimum atomic E-state index is -4.27. The van der Waals surface area contributed by atoms with Crippen LogP contribution in [-0.2, 0) is 0 Å². The Morgan fingerprint density at radius 3 is 2.48 bits per heavy atom. The molecule has 1 aromatic rings. The second-order valence-corrected chi connectivity index (χ2v) is 7.72. The first kappa shape index (κ1) is 19.4. The molecule has 1 heterocycles. The maximum absolute atomic E-state index is 13.5. The molecule has 1 aliphatic heterocycles. The summed E-state index contributed by atoms with van der Waals surface area (Å²) in [5, 5.41) is 0. The Hall–Kier alpha value is -2.37. The zero-order chi connectivity index (χ0) is 20.0. The molecular weight excluding hydrogens is 356 g/mol. The lowest BCUT2D eigenvalue weighted by molar-refractivity contribution is -0.210. The van der Waals surface area contributed by atoms with Crippen LogP contribution >= 0.6 is 0 Å². The average molecular weight is 378 g/mol. The Balaban J connectivity index is 1.98. The number of nitrogens with zero attached hydrogens (tertiary/aromatic N) is 2. The van der Waals surface area contributed by atoms with Crippen molar-refractivity contribution in [2.45, 2.75) is 39.4 Å². The third-order valence-corrected chi connectivity index (χ3v) is 5.05. The lowest BCUT2D eigenvalue weighted by Crippen LogP contribution is -2.33. The molecule has 3 rings (SSSR count). The quantitative estimate of drug-likeness (QED) is 0.620. The third-order valence-electron chi connectivity index (χ3n) is 5.05. The average Bonchev–Trinajstić information content (AvgIpc) is 2.54. The van der Waals surface area contributed by atoms with Crippen molar-refractivity contribution in [3.63, 3.8) is 0 Å². The molecule has 0 bridgehead atoms. The molecule has 0 aromatic heterocycles. The number of hydrogen-bond donors (Lipinski definition) is 0. The minimum Gasteiger partial charge on any atom is -0.335 e. The number of aliphatic imine (C=N–C) groups is 1. The van der Waals surface area contributed by atoms with E-state index in [4.69, 9.17) is 0 Å². The first-order valence-corrected chi connectivity index (χ1v) is 8.72. The Bertz CT molecular complexity index is 873. The van der Waals surface area contributed by atoms with Gasteiger partial charge in [0.1, 0.15) is 5.82 Å². The second-order valence-electron chi connectivity index (χ2n) is 7.72. The van der Waals surface area contributed by atoms with E-state index in [0.29, 0.717) is 5.57 Å². The van der Waals surface area contributed by atoms with Gasteiger partial charge in [0.2, 0.25) is 0 Å². The first-order valence-electron chi connectivity index (χ1n) is 8.72. The van der Waals surface area contributed by atoms with Crippen LogP contribution in [0.5, 0.6) is 0 Å². The van der Waals surface area contributed by atoms with E-state index in [1.807, 2.05) is 24.9 Å². The van der Waals surface area contributed by atoms with E-state index in [9.17, 15) is 17.6 Å². The molecule has 0 N–H and O–H groups in total. The smallest absolute Gasteiger partial charge is 0.335 e. The Morgan fingerprint density at radius 2 is 1.85 bits per heavy atom. The summed E-state index contributed by atoms with van der Waals surface area (Å²) in [5.41, 5.74) is 2.25. The van der Waals surface area contributed by atoms with Gasteiger partial charge in [-0.05, 0) is 42.7 Å². The van der Waals surface area contributed by atoms with Gasteiger partial charge in [-0.25, -0.2) is 4.39 Å². The summed E-state index contributed by atoms with van der Waals surface area (Å²) >= 11 is 0. The van der Waals surface area contributed by atoms with Crippen LogP contribution in [0.1, 0.15) is 31.4 Å². The number of fused-ring (bicyclic) bond motifs is 1. The van der Waals surface area contributed by atoms with Gasteiger partial charge in [0.25, 0.3) is 0 Å². The molecule has 0 saturated carbocycles. The number of halogens is 4. The molecule has 0 fully saturated rings. The molecule has 0 radical (unpaired) electrons. The minimum absolute atomic E-state index is 0.104. The van der Waals surface area contributed by atoms with Gasteiger partial charge >= 0.3 is 6.18 Å². The number of rotatable bonds is 3. The van der Waals surface area contributed by atoms with E-state index >= 15 is 0 Å². The highest BCUT2D eigenvalue weighted by Crippen LogP contribution is 2.44. The van der Waals surface area contributed by atoms with Gasteiger partial charge in [0, 0.05) is 18.2 Å². The summed E-state index contributed by atoms with van der Waals surface area (Å²) in [7, 11) is 1.85. The van der Waals surface area contributed by atoms with Crippen LogP contribution in [0.4, 0.5) is 17.6 Å². The van der Waals surface area contributed by atoms with Gasteiger partial charge in [0.05, 0.1) is 23.5 Å². The number of allylic oxidation sites excluding steroid dienone is 2. The van der Waals surface area contributed by atoms with E-state index < -0.39 is 11.6 Å². The molecule has 6 heteroatoms. The summed E-state index contributed by atoms with van der Waals surface area (Å²) in [4.78, 5) is 6.31. The number of benzene rings is 1.